The van der Waals surface area contributed by atoms with E-state index in [1.165, 1.54) is 30.2 Å². The predicted octanol–water partition coefficient (Wildman–Crippen LogP) is 8.36. The molecule has 0 saturated carbocycles. The molecule has 0 nitrogen and oxygen atoms in total. The molecular weight excluding hydrogens is 703 g/mol. The standard InChI is InChI=1S/2C17H14P.2ClH.Fe.Pd/c2*1-3-9-15(10-4-1)18(17-13-7-8-14-17)16-11-5-2-6-12-16;;;;/h2*1-13,17H;2*1H;;/q;;;;;+2/p-2. The van der Waals surface area contributed by atoms with E-state index in [4.69, 9.17) is 19.1 Å². The molecule has 0 fully saturated rings. The SMILES string of the molecule is C1=CC(P(c2ccccc2)c2ccccc2)[C]([Fe][C]2=CC=CC2P(c2ccccc2)c2ccccc2)=C1.[Cl][Pd][Cl]. The third kappa shape index (κ3) is 7.45. The predicted molar refractivity (Wildman–Crippen MR) is 172 cm³/mol. The average Bonchev–Trinajstić information content (AvgIpc) is 3.66. The van der Waals surface area contributed by atoms with E-state index < -0.39 is 15.8 Å². The van der Waals surface area contributed by atoms with Crippen LogP contribution in [0.5, 0.6) is 0 Å². The molecule has 4 aromatic rings. The fraction of sp³-hybridized carbons (Fsp3) is 0.0588. The van der Waals surface area contributed by atoms with Gasteiger partial charge in [0.2, 0.25) is 0 Å². The summed E-state index contributed by atoms with van der Waals surface area (Å²) in [6.07, 6.45) is 14.2. The van der Waals surface area contributed by atoms with Gasteiger partial charge in [0.05, 0.1) is 0 Å². The summed E-state index contributed by atoms with van der Waals surface area (Å²) in [6, 6.07) is 44.4. The topological polar surface area (TPSA) is 0 Å². The van der Waals surface area contributed by atoms with Crippen molar-refractivity contribution in [1.82, 2.24) is 0 Å². The van der Waals surface area contributed by atoms with Gasteiger partial charge in [-0.05, 0) is 0 Å². The van der Waals surface area contributed by atoms with Crippen molar-refractivity contribution in [3.8, 4) is 0 Å². The van der Waals surface area contributed by atoms with Crippen LogP contribution in [0.3, 0.4) is 0 Å². The van der Waals surface area contributed by atoms with Gasteiger partial charge in [0.1, 0.15) is 0 Å². The minimum atomic E-state index is -0.526. The van der Waals surface area contributed by atoms with E-state index in [0.29, 0.717) is 11.3 Å². The second-order valence-electron chi connectivity index (χ2n) is 8.95. The molecule has 40 heavy (non-hydrogen) atoms. The quantitative estimate of drug-likeness (QED) is 0.126. The molecule has 2 unspecified atom stereocenters. The molecule has 2 atom stereocenters. The number of rotatable bonds is 8. The normalized spacial score (nSPS) is 17.7. The molecule has 2 aliphatic carbocycles. The third-order valence-corrected chi connectivity index (χ3v) is 14.1. The molecule has 0 bridgehead atoms. The Morgan fingerprint density at radius 3 is 1.02 bits per heavy atom. The van der Waals surface area contributed by atoms with Gasteiger partial charge in [-0.2, -0.15) is 0 Å². The molecule has 6 heteroatoms. The van der Waals surface area contributed by atoms with Gasteiger partial charge >= 0.3 is 265 Å². The van der Waals surface area contributed by atoms with Gasteiger partial charge in [0.15, 0.2) is 0 Å². The number of hydrogen-bond donors (Lipinski definition) is 0. The van der Waals surface area contributed by atoms with Crippen molar-refractivity contribution in [2.24, 2.45) is 0 Å². The number of benzene rings is 4. The van der Waals surface area contributed by atoms with Crippen molar-refractivity contribution >= 4 is 56.1 Å². The summed E-state index contributed by atoms with van der Waals surface area (Å²) in [5, 5.41) is 5.77. The van der Waals surface area contributed by atoms with E-state index in [0.717, 1.165) is 15.0 Å². The van der Waals surface area contributed by atoms with Crippen LogP contribution >= 0.6 is 34.9 Å². The third-order valence-electron chi connectivity index (χ3n) is 6.54. The van der Waals surface area contributed by atoms with Crippen LogP contribution in [0.1, 0.15) is 0 Å². The van der Waals surface area contributed by atoms with Crippen molar-refractivity contribution in [3.05, 3.63) is 167 Å². The molecule has 206 valence electrons. The summed E-state index contributed by atoms with van der Waals surface area (Å²) < 4.78 is 3.07. The van der Waals surface area contributed by atoms with Crippen LogP contribution in [0.2, 0.25) is 0 Å². The Hall–Kier alpha value is -1.54. The zero-order chi connectivity index (χ0) is 27.6. The Kier molecular flexibility index (Phi) is 11.7. The van der Waals surface area contributed by atoms with Crippen molar-refractivity contribution in [1.29, 1.82) is 0 Å². The van der Waals surface area contributed by atoms with Gasteiger partial charge in [-0.1, -0.05) is 0 Å². The summed E-state index contributed by atoms with van der Waals surface area (Å²) in [6.45, 7) is 0. The van der Waals surface area contributed by atoms with Gasteiger partial charge in [0, 0.05) is 0 Å². The number of allylic oxidation sites excluding steroid dienone is 8. The van der Waals surface area contributed by atoms with Gasteiger partial charge < -0.3 is 0 Å². The summed E-state index contributed by atoms with van der Waals surface area (Å²) in [7, 11) is 8.58. The van der Waals surface area contributed by atoms with Crippen LogP contribution in [0.25, 0.3) is 0 Å². The van der Waals surface area contributed by atoms with E-state index in [-0.39, 0.29) is 15.9 Å². The minimum absolute atomic E-state index is 0.106. The molecule has 2 aliphatic rings. The van der Waals surface area contributed by atoms with Crippen LogP contribution in [-0.2, 0) is 30.9 Å². The Morgan fingerprint density at radius 1 is 0.475 bits per heavy atom. The van der Waals surface area contributed by atoms with Crippen molar-refractivity contribution < 1.29 is 30.9 Å². The molecule has 4 aromatic carbocycles. The van der Waals surface area contributed by atoms with Crippen LogP contribution in [0, 0.1) is 0 Å². The monoisotopic (exact) mass is 730 g/mol. The molecule has 0 N–H and O–H groups in total. The van der Waals surface area contributed by atoms with Crippen LogP contribution in [0.4, 0.5) is 0 Å². The van der Waals surface area contributed by atoms with Gasteiger partial charge in [0.25, 0.3) is 0 Å². The first-order valence-corrected chi connectivity index (χ1v) is 20.7. The Bertz CT molecular complexity index is 1280. The Labute approximate surface area is 263 Å². The van der Waals surface area contributed by atoms with Crippen LogP contribution in [0.15, 0.2) is 167 Å². The zero-order valence-electron chi connectivity index (χ0n) is 21.5. The molecule has 0 saturated heterocycles. The first-order valence-electron chi connectivity index (χ1n) is 12.8. The van der Waals surface area contributed by atoms with Gasteiger partial charge in [-0.3, -0.25) is 0 Å². The fourth-order valence-electron chi connectivity index (χ4n) is 4.87. The fourth-order valence-corrected chi connectivity index (χ4v) is 12.5. The Morgan fingerprint density at radius 2 is 0.750 bits per heavy atom. The molecule has 0 radical (unpaired) electrons. The van der Waals surface area contributed by atoms with E-state index in [1.807, 2.05) is 0 Å². The maximum atomic E-state index is 4.81. The summed E-state index contributed by atoms with van der Waals surface area (Å²) in [4.78, 5) is 0. The second-order valence-corrected chi connectivity index (χ2v) is 17.5. The van der Waals surface area contributed by atoms with Gasteiger partial charge in [-0.25, -0.2) is 0 Å². The van der Waals surface area contributed by atoms with Crippen molar-refractivity contribution in [2.45, 2.75) is 11.3 Å². The van der Waals surface area contributed by atoms with E-state index in [9.17, 15) is 0 Å². The summed E-state index contributed by atoms with van der Waals surface area (Å²) in [5.74, 6) is 0. The number of halogens is 2. The van der Waals surface area contributed by atoms with Crippen molar-refractivity contribution in [2.75, 3.05) is 0 Å². The second kappa shape index (κ2) is 15.6. The van der Waals surface area contributed by atoms with Crippen LogP contribution < -0.4 is 21.2 Å². The number of hydrogen-bond acceptors (Lipinski definition) is 0. The molecule has 0 heterocycles. The van der Waals surface area contributed by atoms with E-state index in [1.54, 1.807) is 0 Å². The average molecular weight is 732 g/mol. The van der Waals surface area contributed by atoms with Crippen LogP contribution in [-0.4, -0.2) is 11.3 Å². The first kappa shape index (κ1) is 29.9. The molecule has 0 aromatic heterocycles. The first-order chi connectivity index (χ1) is 19.8. The Balaban J connectivity index is 0.00000103. The van der Waals surface area contributed by atoms with E-state index >= 15 is 0 Å². The molecule has 0 amide bonds. The van der Waals surface area contributed by atoms with Gasteiger partial charge in [-0.15, -0.1) is 0 Å². The molecular formula is C34H28Cl2FeP2Pd. The molecule has 6 rings (SSSR count). The summed E-state index contributed by atoms with van der Waals surface area (Å²) in [5.41, 5.74) is 0.836. The zero-order valence-corrected chi connectivity index (χ0v) is 27.4. The molecule has 0 aliphatic heterocycles. The van der Waals surface area contributed by atoms with Crippen molar-refractivity contribution in [3.63, 3.8) is 0 Å². The summed E-state index contributed by atoms with van der Waals surface area (Å²) >= 11 is 0.915. The maximum absolute atomic E-state index is 4.81. The molecule has 0 spiro atoms. The van der Waals surface area contributed by atoms with E-state index in [2.05, 4.69) is 158 Å².